The first kappa shape index (κ1) is 15.4. The van der Waals surface area contributed by atoms with Crippen molar-refractivity contribution in [1.29, 1.82) is 0 Å². The summed E-state index contributed by atoms with van der Waals surface area (Å²) in [5, 5.41) is 0. The van der Waals surface area contributed by atoms with Gasteiger partial charge in [0.15, 0.2) is 0 Å². The number of halogens is 3. The SMILES string of the molecule is CC1CCC(C(N)=O)CN1Cc1c(F)ccc(Br)c1F. The number of nitrogens with zero attached hydrogens (tertiary/aromatic N) is 1. The lowest BCUT2D eigenvalue weighted by Gasteiger charge is -2.37. The summed E-state index contributed by atoms with van der Waals surface area (Å²) in [6.45, 7) is 2.58. The van der Waals surface area contributed by atoms with E-state index in [9.17, 15) is 13.6 Å². The molecule has 0 aromatic heterocycles. The molecule has 0 spiro atoms. The second kappa shape index (κ2) is 6.18. The number of benzene rings is 1. The van der Waals surface area contributed by atoms with Crippen molar-refractivity contribution in [2.24, 2.45) is 11.7 Å². The van der Waals surface area contributed by atoms with Crippen LogP contribution in [0.3, 0.4) is 0 Å². The van der Waals surface area contributed by atoms with E-state index in [1.165, 1.54) is 12.1 Å². The highest BCUT2D eigenvalue weighted by atomic mass is 79.9. The minimum absolute atomic E-state index is 0.0244. The Kier molecular flexibility index (Phi) is 4.75. The Morgan fingerprint density at radius 2 is 2.15 bits per heavy atom. The fourth-order valence-electron chi connectivity index (χ4n) is 2.55. The minimum atomic E-state index is -0.585. The Hall–Kier alpha value is -1.01. The van der Waals surface area contributed by atoms with Crippen LogP contribution in [0.15, 0.2) is 16.6 Å². The van der Waals surface area contributed by atoms with Crippen molar-refractivity contribution in [3.8, 4) is 0 Å². The van der Waals surface area contributed by atoms with Crippen LogP contribution in [-0.2, 0) is 11.3 Å². The highest BCUT2D eigenvalue weighted by molar-refractivity contribution is 9.10. The van der Waals surface area contributed by atoms with E-state index in [0.717, 1.165) is 12.8 Å². The lowest BCUT2D eigenvalue weighted by molar-refractivity contribution is -0.124. The van der Waals surface area contributed by atoms with Gasteiger partial charge in [0.05, 0.1) is 10.4 Å². The van der Waals surface area contributed by atoms with Gasteiger partial charge in [0, 0.05) is 24.7 Å². The molecule has 0 bridgehead atoms. The first-order valence-corrected chi connectivity index (χ1v) is 7.35. The molecule has 1 aliphatic rings. The van der Waals surface area contributed by atoms with Crippen molar-refractivity contribution in [2.45, 2.75) is 32.4 Å². The summed E-state index contributed by atoms with van der Waals surface area (Å²) in [6.07, 6.45) is 1.53. The maximum absolute atomic E-state index is 14.0. The fraction of sp³-hybridized carbons (Fsp3) is 0.500. The van der Waals surface area contributed by atoms with E-state index in [2.05, 4.69) is 15.9 Å². The molecule has 0 aliphatic carbocycles. The standard InChI is InChI=1S/C14H17BrF2N2O/c1-8-2-3-9(14(18)20)6-19(8)7-10-12(16)5-4-11(15)13(10)17/h4-5,8-9H,2-3,6-7H2,1H3,(H2,18,20). The third-order valence-corrected chi connectivity index (χ3v) is 4.53. The molecule has 20 heavy (non-hydrogen) atoms. The summed E-state index contributed by atoms with van der Waals surface area (Å²) in [5.74, 6) is -1.75. The van der Waals surface area contributed by atoms with E-state index in [-0.39, 0.29) is 34.4 Å². The zero-order valence-corrected chi connectivity index (χ0v) is 12.8. The molecule has 2 unspecified atom stereocenters. The minimum Gasteiger partial charge on any atom is -0.369 e. The average Bonchev–Trinajstić information content (AvgIpc) is 2.41. The Morgan fingerprint density at radius 3 is 2.80 bits per heavy atom. The predicted octanol–water partition coefficient (Wildman–Crippen LogP) is 2.81. The van der Waals surface area contributed by atoms with E-state index < -0.39 is 11.6 Å². The van der Waals surface area contributed by atoms with Crippen LogP contribution >= 0.6 is 15.9 Å². The monoisotopic (exact) mass is 346 g/mol. The van der Waals surface area contributed by atoms with Crippen LogP contribution in [0, 0.1) is 17.6 Å². The number of nitrogens with two attached hydrogens (primary N) is 1. The second-order valence-electron chi connectivity index (χ2n) is 5.28. The smallest absolute Gasteiger partial charge is 0.221 e. The zero-order valence-electron chi connectivity index (χ0n) is 11.2. The fourth-order valence-corrected chi connectivity index (χ4v) is 2.92. The molecule has 0 radical (unpaired) electrons. The number of primary amides is 1. The van der Waals surface area contributed by atoms with Gasteiger partial charge < -0.3 is 5.73 Å². The molecule has 1 saturated heterocycles. The van der Waals surface area contributed by atoms with Crippen LogP contribution < -0.4 is 5.73 Å². The quantitative estimate of drug-likeness (QED) is 0.855. The molecular weight excluding hydrogens is 330 g/mol. The number of amides is 1. The first-order valence-electron chi connectivity index (χ1n) is 6.56. The van der Waals surface area contributed by atoms with Crippen LogP contribution in [0.5, 0.6) is 0 Å². The molecule has 1 aromatic rings. The second-order valence-corrected chi connectivity index (χ2v) is 6.13. The Labute approximate surface area is 125 Å². The Morgan fingerprint density at radius 1 is 1.45 bits per heavy atom. The molecule has 2 atom stereocenters. The van der Waals surface area contributed by atoms with Crippen molar-refractivity contribution in [1.82, 2.24) is 4.90 Å². The van der Waals surface area contributed by atoms with Gasteiger partial charge in [0.2, 0.25) is 5.91 Å². The molecule has 1 aromatic carbocycles. The van der Waals surface area contributed by atoms with E-state index in [1.54, 1.807) is 0 Å². The lowest BCUT2D eigenvalue weighted by Crippen LogP contribution is -2.45. The molecule has 1 amide bonds. The van der Waals surface area contributed by atoms with Gasteiger partial charge in [0.1, 0.15) is 11.6 Å². The van der Waals surface area contributed by atoms with Crippen molar-refractivity contribution in [3.05, 3.63) is 33.8 Å². The lowest BCUT2D eigenvalue weighted by atomic mass is 9.92. The third kappa shape index (κ3) is 3.17. The molecular formula is C14H17BrF2N2O. The van der Waals surface area contributed by atoms with Crippen molar-refractivity contribution in [2.75, 3.05) is 6.54 Å². The van der Waals surface area contributed by atoms with Gasteiger partial charge in [-0.05, 0) is 47.8 Å². The highest BCUT2D eigenvalue weighted by Crippen LogP contribution is 2.27. The maximum atomic E-state index is 14.0. The number of hydrogen-bond donors (Lipinski definition) is 1. The van der Waals surface area contributed by atoms with Crippen molar-refractivity contribution < 1.29 is 13.6 Å². The van der Waals surface area contributed by atoms with Gasteiger partial charge >= 0.3 is 0 Å². The van der Waals surface area contributed by atoms with E-state index >= 15 is 0 Å². The normalized spacial score (nSPS) is 23.8. The van der Waals surface area contributed by atoms with Crippen LogP contribution in [0.2, 0.25) is 0 Å². The van der Waals surface area contributed by atoms with Gasteiger partial charge in [-0.1, -0.05) is 0 Å². The summed E-state index contributed by atoms with van der Waals surface area (Å²) in [5.41, 5.74) is 5.36. The number of hydrogen-bond acceptors (Lipinski definition) is 2. The van der Waals surface area contributed by atoms with Crippen LogP contribution in [0.1, 0.15) is 25.3 Å². The molecule has 110 valence electrons. The van der Waals surface area contributed by atoms with Crippen molar-refractivity contribution >= 4 is 21.8 Å². The Balaban J connectivity index is 2.20. The molecule has 2 N–H and O–H groups in total. The number of rotatable bonds is 3. The largest absolute Gasteiger partial charge is 0.369 e. The first-order chi connectivity index (χ1) is 9.40. The summed E-state index contributed by atoms with van der Waals surface area (Å²) >= 11 is 3.06. The third-order valence-electron chi connectivity index (χ3n) is 3.91. The van der Waals surface area contributed by atoms with Gasteiger partial charge in [-0.3, -0.25) is 9.69 Å². The van der Waals surface area contributed by atoms with Gasteiger partial charge in [-0.2, -0.15) is 0 Å². The molecule has 6 heteroatoms. The van der Waals surface area contributed by atoms with Gasteiger partial charge in [-0.15, -0.1) is 0 Å². The number of carbonyl (C=O) groups excluding carboxylic acids is 1. The molecule has 1 aliphatic heterocycles. The summed E-state index contributed by atoms with van der Waals surface area (Å²) < 4.78 is 28.0. The van der Waals surface area contributed by atoms with Crippen LogP contribution in [0.4, 0.5) is 8.78 Å². The summed E-state index contributed by atoms with van der Waals surface area (Å²) in [6, 6.07) is 2.76. The summed E-state index contributed by atoms with van der Waals surface area (Å²) in [7, 11) is 0. The van der Waals surface area contributed by atoms with Crippen molar-refractivity contribution in [3.63, 3.8) is 0 Å². The highest BCUT2D eigenvalue weighted by Gasteiger charge is 2.29. The average molecular weight is 347 g/mol. The van der Waals surface area contributed by atoms with Gasteiger partial charge in [-0.25, -0.2) is 8.78 Å². The van der Waals surface area contributed by atoms with Gasteiger partial charge in [0.25, 0.3) is 0 Å². The zero-order chi connectivity index (χ0) is 14.9. The van der Waals surface area contributed by atoms with Crippen LogP contribution in [0.25, 0.3) is 0 Å². The topological polar surface area (TPSA) is 46.3 Å². The summed E-state index contributed by atoms with van der Waals surface area (Å²) in [4.78, 5) is 13.2. The predicted molar refractivity (Wildman–Crippen MR) is 75.8 cm³/mol. The van der Waals surface area contributed by atoms with Crippen LogP contribution in [-0.4, -0.2) is 23.4 Å². The molecule has 1 fully saturated rings. The molecule has 0 saturated carbocycles. The number of piperidine rings is 1. The number of likely N-dealkylation sites (tertiary alicyclic amines) is 1. The molecule has 1 heterocycles. The van der Waals surface area contributed by atoms with E-state index in [1.807, 2.05) is 11.8 Å². The Bertz CT molecular complexity index is 524. The molecule has 3 nitrogen and oxygen atoms in total. The molecule has 2 rings (SSSR count). The maximum Gasteiger partial charge on any atom is 0.221 e. The van der Waals surface area contributed by atoms with E-state index in [4.69, 9.17) is 5.73 Å². The number of carbonyl (C=O) groups is 1. The van der Waals surface area contributed by atoms with E-state index in [0.29, 0.717) is 6.54 Å².